The van der Waals surface area contributed by atoms with Crippen molar-refractivity contribution in [1.82, 2.24) is 20.0 Å². The highest BCUT2D eigenvalue weighted by Gasteiger charge is 2.33. The number of carbonyl (C=O) groups is 1. The van der Waals surface area contributed by atoms with E-state index in [0.717, 1.165) is 64.7 Å². The van der Waals surface area contributed by atoms with Crippen LogP contribution in [0.4, 0.5) is 0 Å². The van der Waals surface area contributed by atoms with Crippen LogP contribution < -0.4 is 5.32 Å². The number of piperazine rings is 1. The zero-order valence-electron chi connectivity index (χ0n) is 16.4. The molecule has 0 aliphatic carbocycles. The molecule has 4 heterocycles. The van der Waals surface area contributed by atoms with E-state index in [1.54, 1.807) is 0 Å². The lowest BCUT2D eigenvalue weighted by molar-refractivity contribution is -0.142. The first-order valence-corrected chi connectivity index (χ1v) is 10.5. The highest BCUT2D eigenvalue weighted by Crippen LogP contribution is 2.22. The Bertz CT molecular complexity index is 543. The SMILES string of the molecule is CN=C(NCC1CN2CCCC2CO1)N1CCN(C(=O)C2CCCO2)CC1. The van der Waals surface area contributed by atoms with E-state index in [2.05, 4.69) is 20.1 Å². The molecule has 8 nitrogen and oxygen atoms in total. The molecule has 152 valence electrons. The second-order valence-corrected chi connectivity index (χ2v) is 7.99. The Kier molecular flexibility index (Phi) is 6.14. The first kappa shape index (κ1) is 19.0. The van der Waals surface area contributed by atoms with Crippen molar-refractivity contribution in [2.45, 2.75) is 43.9 Å². The van der Waals surface area contributed by atoms with E-state index in [4.69, 9.17) is 9.47 Å². The summed E-state index contributed by atoms with van der Waals surface area (Å²) in [5, 5.41) is 3.48. The Morgan fingerprint density at radius 3 is 2.63 bits per heavy atom. The van der Waals surface area contributed by atoms with E-state index < -0.39 is 0 Å². The number of amides is 1. The number of fused-ring (bicyclic) bond motifs is 1. The fraction of sp³-hybridized carbons (Fsp3) is 0.895. The van der Waals surface area contributed by atoms with Gasteiger partial charge in [-0.15, -0.1) is 0 Å². The first-order valence-electron chi connectivity index (χ1n) is 10.5. The molecule has 0 spiro atoms. The van der Waals surface area contributed by atoms with Gasteiger partial charge in [0.05, 0.1) is 12.7 Å². The standard InChI is InChI=1S/C19H33N5O3/c1-20-19(21-12-16-13-24-6-2-4-15(24)14-27-16)23-9-7-22(8-10-23)18(25)17-5-3-11-26-17/h15-17H,2-14H2,1H3,(H,20,21). The van der Waals surface area contributed by atoms with Gasteiger partial charge in [-0.1, -0.05) is 0 Å². The third-order valence-electron chi connectivity index (χ3n) is 6.26. The molecule has 4 rings (SSSR count). The molecule has 1 N–H and O–H groups in total. The molecule has 3 atom stereocenters. The molecule has 4 fully saturated rings. The molecule has 0 radical (unpaired) electrons. The Morgan fingerprint density at radius 1 is 1.07 bits per heavy atom. The summed E-state index contributed by atoms with van der Waals surface area (Å²) in [7, 11) is 1.82. The quantitative estimate of drug-likeness (QED) is 0.539. The van der Waals surface area contributed by atoms with Crippen LogP contribution in [0.5, 0.6) is 0 Å². The van der Waals surface area contributed by atoms with Gasteiger partial charge in [0.2, 0.25) is 0 Å². The molecule has 0 saturated carbocycles. The van der Waals surface area contributed by atoms with Crippen molar-refractivity contribution >= 4 is 11.9 Å². The maximum atomic E-state index is 12.5. The van der Waals surface area contributed by atoms with Gasteiger partial charge in [-0.05, 0) is 32.2 Å². The Hall–Kier alpha value is -1.38. The molecule has 4 aliphatic heterocycles. The van der Waals surface area contributed by atoms with Crippen LogP contribution in [0.2, 0.25) is 0 Å². The Balaban J connectivity index is 1.21. The van der Waals surface area contributed by atoms with Gasteiger partial charge in [0.1, 0.15) is 6.10 Å². The summed E-state index contributed by atoms with van der Waals surface area (Å²) < 4.78 is 11.6. The zero-order chi connectivity index (χ0) is 18.6. The van der Waals surface area contributed by atoms with Crippen LogP contribution in [-0.4, -0.2) is 111 Å². The fourth-order valence-corrected chi connectivity index (χ4v) is 4.66. The summed E-state index contributed by atoms with van der Waals surface area (Å²) >= 11 is 0. The summed E-state index contributed by atoms with van der Waals surface area (Å²) in [5.74, 6) is 1.07. The third-order valence-corrected chi connectivity index (χ3v) is 6.26. The lowest BCUT2D eigenvalue weighted by Crippen LogP contribution is -2.57. The summed E-state index contributed by atoms with van der Waals surface area (Å²) in [6.07, 6.45) is 4.43. The second-order valence-electron chi connectivity index (χ2n) is 7.99. The van der Waals surface area contributed by atoms with Crippen molar-refractivity contribution in [3.05, 3.63) is 0 Å². The summed E-state index contributed by atoms with van der Waals surface area (Å²) in [5.41, 5.74) is 0. The molecule has 0 aromatic rings. The normalized spacial score (nSPS) is 32.6. The predicted octanol–water partition coefficient (Wildman–Crippen LogP) is -0.252. The van der Waals surface area contributed by atoms with Gasteiger partial charge in [0.25, 0.3) is 5.91 Å². The van der Waals surface area contributed by atoms with Crippen LogP contribution in [0.15, 0.2) is 4.99 Å². The molecule has 8 heteroatoms. The minimum atomic E-state index is -0.216. The smallest absolute Gasteiger partial charge is 0.251 e. The van der Waals surface area contributed by atoms with Crippen molar-refractivity contribution in [3.8, 4) is 0 Å². The number of rotatable bonds is 3. The number of nitrogens with zero attached hydrogens (tertiary/aromatic N) is 4. The van der Waals surface area contributed by atoms with Crippen LogP contribution in [0, 0.1) is 0 Å². The second kappa shape index (κ2) is 8.75. The topological polar surface area (TPSA) is 69.6 Å². The van der Waals surface area contributed by atoms with Crippen molar-refractivity contribution < 1.29 is 14.3 Å². The van der Waals surface area contributed by atoms with Crippen molar-refractivity contribution in [3.63, 3.8) is 0 Å². The number of nitrogens with one attached hydrogen (secondary N) is 1. The molecule has 3 unspecified atom stereocenters. The third kappa shape index (κ3) is 4.38. The number of aliphatic imine (C=N–C) groups is 1. The van der Waals surface area contributed by atoms with Gasteiger partial charge in [0.15, 0.2) is 5.96 Å². The fourth-order valence-electron chi connectivity index (χ4n) is 4.66. The Morgan fingerprint density at radius 2 is 1.89 bits per heavy atom. The van der Waals surface area contributed by atoms with E-state index in [1.165, 1.54) is 19.4 Å². The monoisotopic (exact) mass is 379 g/mol. The summed E-state index contributed by atoms with van der Waals surface area (Å²) in [6, 6.07) is 0.634. The van der Waals surface area contributed by atoms with E-state index in [1.807, 2.05) is 11.9 Å². The number of guanidine groups is 1. The lowest BCUT2D eigenvalue weighted by Gasteiger charge is -2.38. The highest BCUT2D eigenvalue weighted by molar-refractivity contribution is 5.82. The molecule has 0 aromatic carbocycles. The summed E-state index contributed by atoms with van der Waals surface area (Å²) in [4.78, 5) is 23.7. The maximum absolute atomic E-state index is 12.5. The van der Waals surface area contributed by atoms with Crippen LogP contribution in [0.1, 0.15) is 25.7 Å². The van der Waals surface area contributed by atoms with Crippen LogP contribution in [-0.2, 0) is 14.3 Å². The van der Waals surface area contributed by atoms with Crippen LogP contribution in [0.3, 0.4) is 0 Å². The van der Waals surface area contributed by atoms with Gasteiger partial charge in [-0.25, -0.2) is 0 Å². The highest BCUT2D eigenvalue weighted by atomic mass is 16.5. The maximum Gasteiger partial charge on any atom is 0.251 e. The van der Waals surface area contributed by atoms with E-state index in [-0.39, 0.29) is 18.1 Å². The van der Waals surface area contributed by atoms with Crippen LogP contribution in [0.25, 0.3) is 0 Å². The molecule has 1 amide bonds. The van der Waals surface area contributed by atoms with Gasteiger partial charge in [-0.2, -0.15) is 0 Å². The molecule has 27 heavy (non-hydrogen) atoms. The minimum absolute atomic E-state index is 0.158. The minimum Gasteiger partial charge on any atom is -0.373 e. The van der Waals surface area contributed by atoms with Gasteiger partial charge in [0, 0.05) is 59.0 Å². The largest absolute Gasteiger partial charge is 0.373 e. The average Bonchev–Trinajstić information content (AvgIpc) is 3.40. The molecular formula is C19H33N5O3. The number of hydrogen-bond donors (Lipinski definition) is 1. The number of ether oxygens (including phenoxy) is 2. The van der Waals surface area contributed by atoms with E-state index >= 15 is 0 Å². The van der Waals surface area contributed by atoms with Gasteiger partial charge in [-0.3, -0.25) is 14.7 Å². The van der Waals surface area contributed by atoms with Crippen molar-refractivity contribution in [1.29, 1.82) is 0 Å². The number of hydrogen-bond acceptors (Lipinski definition) is 5. The zero-order valence-corrected chi connectivity index (χ0v) is 16.4. The van der Waals surface area contributed by atoms with Crippen LogP contribution >= 0.6 is 0 Å². The molecule has 4 saturated heterocycles. The molecule has 0 bridgehead atoms. The van der Waals surface area contributed by atoms with Gasteiger partial charge >= 0.3 is 0 Å². The van der Waals surface area contributed by atoms with E-state index in [0.29, 0.717) is 12.6 Å². The van der Waals surface area contributed by atoms with Gasteiger partial charge < -0.3 is 24.6 Å². The first-order chi connectivity index (χ1) is 13.2. The molecule has 4 aliphatic rings. The lowest BCUT2D eigenvalue weighted by atomic mass is 10.2. The van der Waals surface area contributed by atoms with E-state index in [9.17, 15) is 4.79 Å². The van der Waals surface area contributed by atoms with Crippen molar-refractivity contribution in [2.24, 2.45) is 4.99 Å². The average molecular weight is 380 g/mol. The predicted molar refractivity (Wildman–Crippen MR) is 103 cm³/mol. The molecular weight excluding hydrogens is 346 g/mol. The number of carbonyl (C=O) groups excluding carboxylic acids is 1. The van der Waals surface area contributed by atoms with Crippen molar-refractivity contribution in [2.75, 3.05) is 66.1 Å². The number of morpholine rings is 1. The Labute approximate surface area is 161 Å². The molecule has 0 aromatic heterocycles. The summed E-state index contributed by atoms with van der Waals surface area (Å²) in [6.45, 7) is 7.64.